The molecule has 1 heterocycles. The monoisotopic (exact) mass is 229 g/mol. The number of fused-ring (bicyclic) bond motifs is 1. The van der Waals surface area contributed by atoms with Gasteiger partial charge in [0, 0.05) is 5.92 Å². The third kappa shape index (κ3) is 1.87. The second-order valence-corrected chi connectivity index (χ2v) is 4.87. The summed E-state index contributed by atoms with van der Waals surface area (Å²) in [7, 11) is 2.03. The molecule has 1 N–H and O–H groups in total. The fraction of sp³-hybridized carbons (Fsp3) is 0.467. The van der Waals surface area contributed by atoms with Gasteiger partial charge in [-0.15, -0.1) is 0 Å². The minimum absolute atomic E-state index is 0.352. The van der Waals surface area contributed by atoms with Crippen LogP contribution in [0.5, 0.6) is 0 Å². The Morgan fingerprint density at radius 2 is 2.24 bits per heavy atom. The van der Waals surface area contributed by atoms with Crippen molar-refractivity contribution in [2.24, 2.45) is 0 Å². The van der Waals surface area contributed by atoms with E-state index in [2.05, 4.69) is 35.7 Å². The van der Waals surface area contributed by atoms with Crippen LogP contribution in [0.3, 0.4) is 0 Å². The van der Waals surface area contributed by atoms with Crippen LogP contribution in [-0.2, 0) is 11.2 Å². The molecule has 0 fully saturated rings. The SMILES string of the molecule is CNC(C1=CCCCO1)C1Cc2ccccc21. The molecule has 1 aromatic rings. The Morgan fingerprint density at radius 1 is 1.35 bits per heavy atom. The molecule has 2 aliphatic rings. The topological polar surface area (TPSA) is 21.3 Å². The molecule has 0 saturated carbocycles. The second kappa shape index (κ2) is 4.53. The van der Waals surface area contributed by atoms with Crippen molar-refractivity contribution in [1.29, 1.82) is 0 Å². The number of hydrogen-bond donors (Lipinski definition) is 1. The molecule has 0 bridgehead atoms. The van der Waals surface area contributed by atoms with Crippen LogP contribution in [0.25, 0.3) is 0 Å². The molecule has 17 heavy (non-hydrogen) atoms. The maximum Gasteiger partial charge on any atom is 0.110 e. The zero-order chi connectivity index (χ0) is 11.7. The Kier molecular flexibility index (Phi) is 2.89. The molecule has 0 aromatic heterocycles. The van der Waals surface area contributed by atoms with Gasteiger partial charge in [-0.25, -0.2) is 0 Å². The van der Waals surface area contributed by atoms with Crippen LogP contribution in [0.1, 0.15) is 29.9 Å². The predicted molar refractivity (Wildman–Crippen MR) is 69.0 cm³/mol. The van der Waals surface area contributed by atoms with Crippen LogP contribution >= 0.6 is 0 Å². The summed E-state index contributed by atoms with van der Waals surface area (Å²) in [6.45, 7) is 0.873. The molecule has 2 atom stereocenters. The van der Waals surface area contributed by atoms with Gasteiger partial charge in [0.1, 0.15) is 5.76 Å². The van der Waals surface area contributed by atoms with Gasteiger partial charge in [0.05, 0.1) is 12.6 Å². The maximum atomic E-state index is 5.80. The third-order valence-electron chi connectivity index (χ3n) is 3.88. The van der Waals surface area contributed by atoms with Crippen molar-refractivity contribution >= 4 is 0 Å². The summed E-state index contributed by atoms with van der Waals surface area (Å²) in [6.07, 6.45) is 5.73. The third-order valence-corrected chi connectivity index (χ3v) is 3.88. The first-order valence-corrected chi connectivity index (χ1v) is 6.48. The largest absolute Gasteiger partial charge is 0.497 e. The standard InChI is InChI=1S/C15H19NO/c1-16-15(14-8-4-5-9-17-14)13-10-11-6-2-3-7-12(11)13/h2-3,6-8,13,15-16H,4-5,9-10H2,1H3. The van der Waals surface area contributed by atoms with Crippen LogP contribution < -0.4 is 5.32 Å². The average Bonchev–Trinajstić information content (AvgIpc) is 2.37. The van der Waals surface area contributed by atoms with Crippen LogP contribution in [0.15, 0.2) is 36.1 Å². The molecule has 0 spiro atoms. The van der Waals surface area contributed by atoms with Gasteiger partial charge in [0.2, 0.25) is 0 Å². The van der Waals surface area contributed by atoms with E-state index < -0.39 is 0 Å². The lowest BCUT2D eigenvalue weighted by Crippen LogP contribution is -2.40. The van der Waals surface area contributed by atoms with Gasteiger partial charge in [-0.05, 0) is 43.5 Å². The van der Waals surface area contributed by atoms with Crippen LogP contribution in [0, 0.1) is 0 Å². The van der Waals surface area contributed by atoms with E-state index >= 15 is 0 Å². The highest BCUT2D eigenvalue weighted by Gasteiger charge is 2.34. The summed E-state index contributed by atoms with van der Waals surface area (Å²) in [5.74, 6) is 1.74. The van der Waals surface area contributed by atoms with Crippen molar-refractivity contribution in [2.45, 2.75) is 31.2 Å². The van der Waals surface area contributed by atoms with E-state index in [9.17, 15) is 0 Å². The molecule has 3 rings (SSSR count). The number of allylic oxidation sites excluding steroid dienone is 1. The van der Waals surface area contributed by atoms with E-state index in [0.717, 1.165) is 25.2 Å². The fourth-order valence-electron chi connectivity index (χ4n) is 2.93. The van der Waals surface area contributed by atoms with Crippen LogP contribution in [0.2, 0.25) is 0 Å². The van der Waals surface area contributed by atoms with Gasteiger partial charge < -0.3 is 10.1 Å². The molecule has 0 saturated heterocycles. The van der Waals surface area contributed by atoms with Crippen molar-refractivity contribution in [2.75, 3.05) is 13.7 Å². The first-order chi connectivity index (χ1) is 8.40. The molecule has 1 aliphatic heterocycles. The fourth-order valence-corrected chi connectivity index (χ4v) is 2.93. The van der Waals surface area contributed by atoms with Crippen molar-refractivity contribution < 1.29 is 4.74 Å². The number of likely N-dealkylation sites (N-methyl/N-ethyl adjacent to an activating group) is 1. The van der Waals surface area contributed by atoms with E-state index in [1.807, 2.05) is 7.05 Å². The minimum Gasteiger partial charge on any atom is -0.497 e. The van der Waals surface area contributed by atoms with Crippen molar-refractivity contribution in [3.63, 3.8) is 0 Å². The molecule has 0 radical (unpaired) electrons. The summed E-state index contributed by atoms with van der Waals surface area (Å²) >= 11 is 0. The average molecular weight is 229 g/mol. The van der Waals surface area contributed by atoms with Crippen molar-refractivity contribution in [3.8, 4) is 0 Å². The van der Waals surface area contributed by atoms with Crippen molar-refractivity contribution in [1.82, 2.24) is 5.32 Å². The number of ether oxygens (including phenoxy) is 1. The van der Waals surface area contributed by atoms with Crippen molar-refractivity contribution in [3.05, 3.63) is 47.2 Å². The highest BCUT2D eigenvalue weighted by atomic mass is 16.5. The number of nitrogens with one attached hydrogen (secondary N) is 1. The van der Waals surface area contributed by atoms with Gasteiger partial charge in [0.15, 0.2) is 0 Å². The van der Waals surface area contributed by atoms with Gasteiger partial charge in [-0.1, -0.05) is 24.3 Å². The smallest absolute Gasteiger partial charge is 0.110 e. The highest BCUT2D eigenvalue weighted by Crippen LogP contribution is 2.39. The molecule has 90 valence electrons. The summed E-state index contributed by atoms with van der Waals surface area (Å²) in [4.78, 5) is 0. The molecule has 2 nitrogen and oxygen atoms in total. The molecular formula is C15H19NO. The maximum absolute atomic E-state index is 5.80. The number of benzene rings is 1. The van der Waals surface area contributed by atoms with E-state index in [1.54, 1.807) is 0 Å². The van der Waals surface area contributed by atoms with Crippen LogP contribution in [-0.4, -0.2) is 19.7 Å². The first kappa shape index (κ1) is 10.8. The zero-order valence-corrected chi connectivity index (χ0v) is 10.3. The molecule has 1 aliphatic carbocycles. The molecule has 2 unspecified atom stereocenters. The molecule has 2 heteroatoms. The second-order valence-electron chi connectivity index (χ2n) is 4.87. The van der Waals surface area contributed by atoms with E-state index in [0.29, 0.717) is 12.0 Å². The van der Waals surface area contributed by atoms with Gasteiger partial charge in [-0.3, -0.25) is 0 Å². The normalized spacial score (nSPS) is 24.1. The first-order valence-electron chi connectivity index (χ1n) is 6.48. The van der Waals surface area contributed by atoms with E-state index in [-0.39, 0.29) is 0 Å². The van der Waals surface area contributed by atoms with Gasteiger partial charge in [-0.2, -0.15) is 0 Å². The lowest BCUT2D eigenvalue weighted by Gasteiger charge is -2.38. The Bertz CT molecular complexity index is 438. The summed E-state index contributed by atoms with van der Waals surface area (Å²) in [5, 5.41) is 3.42. The summed E-state index contributed by atoms with van der Waals surface area (Å²) in [5.41, 5.74) is 2.98. The van der Waals surface area contributed by atoms with Gasteiger partial charge >= 0.3 is 0 Å². The molecule has 1 aromatic carbocycles. The predicted octanol–water partition coefficient (Wildman–Crippen LogP) is 2.61. The van der Waals surface area contributed by atoms with Crippen LogP contribution in [0.4, 0.5) is 0 Å². The summed E-state index contributed by atoms with van der Waals surface area (Å²) in [6, 6.07) is 9.09. The number of rotatable bonds is 3. The van der Waals surface area contributed by atoms with E-state index in [1.165, 1.54) is 17.5 Å². The number of hydrogen-bond acceptors (Lipinski definition) is 2. The Morgan fingerprint density at radius 3 is 2.94 bits per heavy atom. The zero-order valence-electron chi connectivity index (χ0n) is 10.3. The van der Waals surface area contributed by atoms with E-state index in [4.69, 9.17) is 4.74 Å². The summed E-state index contributed by atoms with van der Waals surface area (Å²) < 4.78 is 5.80. The lowest BCUT2D eigenvalue weighted by atomic mass is 9.73. The minimum atomic E-state index is 0.352. The lowest BCUT2D eigenvalue weighted by molar-refractivity contribution is 0.159. The van der Waals surface area contributed by atoms with Gasteiger partial charge in [0.25, 0.3) is 0 Å². The Hall–Kier alpha value is -1.28. The quantitative estimate of drug-likeness (QED) is 0.860. The molecule has 0 amide bonds. The molecular weight excluding hydrogens is 210 g/mol. The Labute approximate surface area is 103 Å². The highest BCUT2D eigenvalue weighted by molar-refractivity contribution is 5.42. The Balaban J connectivity index is 1.82.